The van der Waals surface area contributed by atoms with Gasteiger partial charge in [-0.2, -0.15) is 0 Å². The molecule has 0 unspecified atom stereocenters. The lowest BCUT2D eigenvalue weighted by molar-refractivity contribution is -0.133. The van der Waals surface area contributed by atoms with Gasteiger partial charge in [0.05, 0.1) is 13.5 Å². The van der Waals surface area contributed by atoms with Gasteiger partial charge in [-0.15, -0.1) is 0 Å². The van der Waals surface area contributed by atoms with Crippen molar-refractivity contribution in [1.29, 1.82) is 0 Å². The van der Waals surface area contributed by atoms with Gasteiger partial charge in [0.15, 0.2) is 11.4 Å². The molecule has 1 heterocycles. The van der Waals surface area contributed by atoms with Crippen LogP contribution in [-0.4, -0.2) is 23.9 Å². The molecule has 0 aliphatic carbocycles. The summed E-state index contributed by atoms with van der Waals surface area (Å²) < 4.78 is 5.82. The number of ketones is 1. The van der Waals surface area contributed by atoms with Crippen LogP contribution in [0.2, 0.25) is 0 Å². The summed E-state index contributed by atoms with van der Waals surface area (Å²) >= 11 is 3.31. The molecule has 2 aromatic rings. The maximum atomic E-state index is 12.5. The van der Waals surface area contributed by atoms with E-state index < -0.39 is 11.5 Å². The first-order chi connectivity index (χ1) is 10.9. The predicted octanol–water partition coefficient (Wildman–Crippen LogP) is 2.87. The van der Waals surface area contributed by atoms with E-state index >= 15 is 0 Å². The molecule has 2 aromatic carbocycles. The molecule has 0 aromatic heterocycles. The van der Waals surface area contributed by atoms with E-state index in [2.05, 4.69) is 21.2 Å². The molecule has 1 aliphatic rings. The normalized spacial score (nSPS) is 19.2. The van der Waals surface area contributed by atoms with Crippen molar-refractivity contribution in [3.8, 4) is 5.75 Å². The number of anilines is 1. The van der Waals surface area contributed by atoms with Crippen LogP contribution in [0, 0.1) is 0 Å². The molecule has 0 fully saturated rings. The van der Waals surface area contributed by atoms with Crippen molar-refractivity contribution in [3.63, 3.8) is 0 Å². The van der Waals surface area contributed by atoms with Gasteiger partial charge in [-0.3, -0.25) is 9.59 Å². The van der Waals surface area contributed by atoms with Gasteiger partial charge in [0.2, 0.25) is 0 Å². The van der Waals surface area contributed by atoms with Crippen LogP contribution < -0.4 is 10.1 Å². The molecule has 118 valence electrons. The second-order valence-corrected chi connectivity index (χ2v) is 6.25. The number of carbonyl (C=O) groups is 2. The topological polar surface area (TPSA) is 75.6 Å². The first-order valence-electron chi connectivity index (χ1n) is 6.95. The highest BCUT2D eigenvalue weighted by molar-refractivity contribution is 9.10. The number of hydrogen-bond acceptors (Lipinski definition) is 4. The molecule has 0 saturated heterocycles. The number of benzene rings is 2. The Kier molecular flexibility index (Phi) is 3.95. The molecule has 1 atom stereocenters. The van der Waals surface area contributed by atoms with Crippen molar-refractivity contribution in [2.45, 2.75) is 12.0 Å². The number of hydrogen-bond donors (Lipinski definition) is 2. The van der Waals surface area contributed by atoms with Gasteiger partial charge >= 0.3 is 0 Å². The van der Waals surface area contributed by atoms with Gasteiger partial charge in [-0.25, -0.2) is 0 Å². The highest BCUT2D eigenvalue weighted by atomic mass is 79.9. The summed E-state index contributed by atoms with van der Waals surface area (Å²) in [7, 11) is 1.51. The summed E-state index contributed by atoms with van der Waals surface area (Å²) in [4.78, 5) is 24.7. The van der Waals surface area contributed by atoms with Crippen LogP contribution in [-0.2, 0) is 10.4 Å². The molecule has 1 aliphatic heterocycles. The molecule has 0 spiro atoms. The third-order valence-electron chi connectivity index (χ3n) is 3.86. The van der Waals surface area contributed by atoms with Crippen LogP contribution in [0.4, 0.5) is 5.69 Å². The molecule has 3 rings (SSSR count). The molecule has 0 saturated carbocycles. The van der Waals surface area contributed by atoms with Crippen molar-refractivity contribution >= 4 is 33.3 Å². The van der Waals surface area contributed by atoms with Crippen LogP contribution in [0.3, 0.4) is 0 Å². The van der Waals surface area contributed by atoms with Crippen LogP contribution in [0.1, 0.15) is 22.3 Å². The monoisotopic (exact) mass is 375 g/mol. The van der Waals surface area contributed by atoms with E-state index in [1.54, 1.807) is 42.5 Å². The lowest BCUT2D eigenvalue weighted by Gasteiger charge is -2.20. The summed E-state index contributed by atoms with van der Waals surface area (Å²) in [6.07, 6.45) is -0.338. The van der Waals surface area contributed by atoms with Crippen molar-refractivity contribution in [2.24, 2.45) is 0 Å². The van der Waals surface area contributed by atoms with E-state index in [-0.39, 0.29) is 12.2 Å². The van der Waals surface area contributed by atoms with Crippen molar-refractivity contribution in [3.05, 3.63) is 58.1 Å². The van der Waals surface area contributed by atoms with Gasteiger partial charge in [0.1, 0.15) is 5.75 Å². The fraction of sp³-hybridized carbons (Fsp3) is 0.176. The second kappa shape index (κ2) is 5.79. The maximum Gasteiger partial charge on any atom is 0.261 e. The molecule has 1 amide bonds. The smallest absolute Gasteiger partial charge is 0.261 e. The first-order valence-corrected chi connectivity index (χ1v) is 7.74. The standard InChI is InChI=1S/C17H14BrNO4/c1-23-12-4-2-3-10(7-12)15(20)9-17(22)13-8-11(18)5-6-14(13)19-16(17)21/h2-8,22H,9H2,1H3,(H,19,21)/t17-/m1/s1. The fourth-order valence-electron chi connectivity index (χ4n) is 2.62. The van der Waals surface area contributed by atoms with E-state index in [1.165, 1.54) is 7.11 Å². The third-order valence-corrected chi connectivity index (χ3v) is 4.35. The number of aliphatic hydroxyl groups is 1. The van der Waals surface area contributed by atoms with Crippen molar-refractivity contribution < 1.29 is 19.4 Å². The lowest BCUT2D eigenvalue weighted by atomic mass is 9.88. The Bertz CT molecular complexity index is 805. The summed E-state index contributed by atoms with van der Waals surface area (Å²) in [6, 6.07) is 11.7. The maximum absolute atomic E-state index is 12.5. The average molecular weight is 376 g/mol. The molecular formula is C17H14BrNO4. The summed E-state index contributed by atoms with van der Waals surface area (Å²) in [5, 5.41) is 13.4. The van der Waals surface area contributed by atoms with E-state index in [4.69, 9.17) is 4.74 Å². The van der Waals surface area contributed by atoms with Crippen LogP contribution in [0.15, 0.2) is 46.9 Å². The van der Waals surface area contributed by atoms with Crippen LogP contribution in [0.25, 0.3) is 0 Å². The van der Waals surface area contributed by atoms with Gasteiger partial charge in [-0.1, -0.05) is 28.1 Å². The minimum Gasteiger partial charge on any atom is -0.497 e. The van der Waals surface area contributed by atoms with Gasteiger partial charge < -0.3 is 15.2 Å². The minimum atomic E-state index is -1.88. The molecule has 6 heteroatoms. The Morgan fingerprint density at radius 2 is 2.09 bits per heavy atom. The zero-order chi connectivity index (χ0) is 16.6. The van der Waals surface area contributed by atoms with E-state index in [0.29, 0.717) is 22.6 Å². The zero-order valence-electron chi connectivity index (χ0n) is 12.3. The first kappa shape index (κ1) is 15.7. The van der Waals surface area contributed by atoms with E-state index in [9.17, 15) is 14.7 Å². The van der Waals surface area contributed by atoms with Gasteiger partial charge in [0.25, 0.3) is 5.91 Å². The molecule has 0 bridgehead atoms. The number of carbonyl (C=O) groups excluding carboxylic acids is 2. The number of methoxy groups -OCH3 is 1. The number of rotatable bonds is 4. The number of ether oxygens (including phenoxy) is 1. The highest BCUT2D eigenvalue weighted by Crippen LogP contribution is 2.40. The predicted molar refractivity (Wildman–Crippen MR) is 88.6 cm³/mol. The summed E-state index contributed by atoms with van der Waals surface area (Å²) in [5.74, 6) is -0.391. The Balaban J connectivity index is 1.94. The average Bonchev–Trinajstić information content (AvgIpc) is 2.78. The van der Waals surface area contributed by atoms with Crippen molar-refractivity contribution in [2.75, 3.05) is 12.4 Å². The zero-order valence-corrected chi connectivity index (χ0v) is 13.9. The van der Waals surface area contributed by atoms with Crippen LogP contribution in [0.5, 0.6) is 5.75 Å². The Morgan fingerprint density at radius 3 is 2.83 bits per heavy atom. The SMILES string of the molecule is COc1cccc(C(=O)C[C@]2(O)C(=O)Nc3ccc(Br)cc32)c1. The largest absolute Gasteiger partial charge is 0.497 e. The lowest BCUT2D eigenvalue weighted by Crippen LogP contribution is -2.36. The number of fused-ring (bicyclic) bond motifs is 1. The fourth-order valence-corrected chi connectivity index (χ4v) is 2.98. The number of nitrogens with one attached hydrogen (secondary N) is 1. The molecular weight excluding hydrogens is 362 g/mol. The minimum absolute atomic E-state index is 0.338. The Hall–Kier alpha value is -2.18. The summed E-state index contributed by atoms with van der Waals surface area (Å²) in [6.45, 7) is 0. The quantitative estimate of drug-likeness (QED) is 0.805. The highest BCUT2D eigenvalue weighted by Gasteiger charge is 2.46. The van der Waals surface area contributed by atoms with Gasteiger partial charge in [0, 0.05) is 21.3 Å². The molecule has 23 heavy (non-hydrogen) atoms. The second-order valence-electron chi connectivity index (χ2n) is 5.34. The third kappa shape index (κ3) is 2.75. The number of Topliss-reactive ketones (excluding diaryl/α,β-unsaturated/α-hetero) is 1. The van der Waals surface area contributed by atoms with Gasteiger partial charge in [-0.05, 0) is 30.3 Å². The summed E-state index contributed by atoms with van der Waals surface area (Å²) in [5.41, 5.74) is -0.583. The van der Waals surface area contributed by atoms with E-state index in [0.717, 1.165) is 4.47 Å². The van der Waals surface area contributed by atoms with E-state index in [1.807, 2.05) is 0 Å². The van der Waals surface area contributed by atoms with Crippen molar-refractivity contribution in [1.82, 2.24) is 0 Å². The molecule has 2 N–H and O–H groups in total. The van der Waals surface area contributed by atoms with Crippen LogP contribution >= 0.6 is 15.9 Å². The molecule has 0 radical (unpaired) electrons. The number of halogens is 1. The Morgan fingerprint density at radius 1 is 1.30 bits per heavy atom. The Labute approximate surface area is 141 Å². The molecule has 5 nitrogen and oxygen atoms in total. The number of amides is 1.